The van der Waals surface area contributed by atoms with Crippen molar-refractivity contribution >= 4 is 47.6 Å². The molecule has 1 saturated heterocycles. The molecule has 0 spiro atoms. The lowest BCUT2D eigenvalue weighted by atomic mass is 9.99. The Morgan fingerprint density at radius 1 is 0.515 bits per heavy atom. The second-order valence-electron chi connectivity index (χ2n) is 13.8. The third-order valence-electron chi connectivity index (χ3n) is 4.07. The first-order valence-corrected chi connectivity index (χ1v) is 29.0. The lowest BCUT2D eigenvalue weighted by molar-refractivity contribution is -0.262. The van der Waals surface area contributed by atoms with Gasteiger partial charge in [0.05, 0.1) is 0 Å². The predicted molar refractivity (Wildman–Crippen MR) is 147 cm³/mol. The van der Waals surface area contributed by atoms with E-state index in [9.17, 15) is 4.79 Å². The van der Waals surface area contributed by atoms with Crippen LogP contribution < -0.4 is 0 Å². The Bertz CT molecular complexity index is 656. The summed E-state index contributed by atoms with van der Waals surface area (Å²) in [6.07, 6.45) is -3.22. The molecule has 1 aliphatic rings. The molecule has 0 radical (unpaired) electrons. The Labute approximate surface area is 207 Å². The smallest absolute Gasteiger partial charge is 0.324 e. The molecule has 33 heavy (non-hydrogen) atoms. The number of hydrogen-bond donors (Lipinski definition) is 0. The van der Waals surface area contributed by atoms with E-state index in [1.165, 1.54) is 0 Å². The van der Waals surface area contributed by atoms with E-state index in [0.29, 0.717) is 0 Å². The Kier molecular flexibility index (Phi) is 10.2. The Hall–Kier alpha value is 0.354. The first-order chi connectivity index (χ1) is 14.4. The van der Waals surface area contributed by atoms with E-state index in [2.05, 4.69) is 78.6 Å². The van der Waals surface area contributed by atoms with Crippen LogP contribution in [0.5, 0.6) is 0 Å². The summed E-state index contributed by atoms with van der Waals surface area (Å²) in [6, 6.07) is 0. The quantitative estimate of drug-likeness (QED) is 0.325. The van der Waals surface area contributed by atoms with E-state index in [-0.39, 0.29) is 0 Å². The molecule has 1 aliphatic heterocycles. The molecule has 0 aromatic heterocycles. The average Bonchev–Trinajstić information content (AvgIpc) is 2.45. The number of carbonyl (C=O) groups excluding carboxylic acids is 1. The Morgan fingerprint density at radius 3 is 1.24 bits per heavy atom. The zero-order valence-electron chi connectivity index (χ0n) is 23.7. The maximum atomic E-state index is 13.4. The molecule has 1 fully saturated rings. The van der Waals surface area contributed by atoms with Crippen LogP contribution in [0, 0.1) is 0 Å². The molecular weight excluding hydrogens is 505 g/mol. The zero-order valence-corrected chi connectivity index (χ0v) is 28.7. The van der Waals surface area contributed by atoms with Crippen molar-refractivity contribution in [3.63, 3.8) is 0 Å². The summed E-state index contributed by atoms with van der Waals surface area (Å²) in [5, 5.41) is 0. The highest BCUT2D eigenvalue weighted by molar-refractivity contribution is 6.72. The number of ether oxygens (including phenoxy) is 1. The highest BCUT2D eigenvalue weighted by Gasteiger charge is 2.55. The molecular formula is C21H50O7Si5. The molecule has 0 aliphatic carbocycles. The van der Waals surface area contributed by atoms with Crippen LogP contribution in [-0.2, 0) is 31.7 Å². The van der Waals surface area contributed by atoms with Crippen molar-refractivity contribution in [2.45, 2.75) is 129 Å². The SMILES string of the molecule is C[Si](C)(C)OC(=O)[C@H]1O[C@@H](O[Si](C)(C)C)[C@@H](O[Si](C)(C)C)[C@@H](O[Si](C)(C)C)[C@@H]1O[Si](C)(C)C. The summed E-state index contributed by atoms with van der Waals surface area (Å²) in [5.41, 5.74) is 0. The highest BCUT2D eigenvalue weighted by atomic mass is 28.4. The van der Waals surface area contributed by atoms with Gasteiger partial charge >= 0.3 is 5.97 Å². The van der Waals surface area contributed by atoms with Gasteiger partial charge in [0, 0.05) is 0 Å². The second kappa shape index (κ2) is 10.8. The molecule has 1 heterocycles. The first kappa shape index (κ1) is 31.4. The lowest BCUT2D eigenvalue weighted by Crippen LogP contribution is -2.68. The van der Waals surface area contributed by atoms with Crippen LogP contribution in [-0.4, -0.2) is 78.3 Å². The third-order valence-corrected chi connectivity index (χ3v) is 8.76. The van der Waals surface area contributed by atoms with E-state index >= 15 is 0 Å². The molecule has 196 valence electrons. The summed E-state index contributed by atoms with van der Waals surface area (Å²) in [6.45, 7) is 31.5. The van der Waals surface area contributed by atoms with Crippen LogP contribution >= 0.6 is 0 Å². The number of carbonyl (C=O) groups is 1. The molecule has 5 atom stereocenters. The fourth-order valence-corrected chi connectivity index (χ4v) is 8.24. The van der Waals surface area contributed by atoms with Crippen molar-refractivity contribution in [1.82, 2.24) is 0 Å². The van der Waals surface area contributed by atoms with E-state index < -0.39 is 78.3 Å². The van der Waals surface area contributed by atoms with Gasteiger partial charge in [-0.2, -0.15) is 0 Å². The first-order valence-electron chi connectivity index (χ1n) is 12.0. The standard InChI is InChI=1S/C21H50O7Si5/c1-29(2,3)24-16-17(25-30(4,5)6)19(26-31(7,8)9)21(28-33(13,14)15)23-18(16)20(22)27-32(10,11)12/h16-19,21H,1-15H3/t16-,17-,18-,19-,21-/m0/s1. The topological polar surface area (TPSA) is 72.5 Å². The second-order valence-corrected chi connectivity index (χ2v) is 36.0. The fourth-order valence-electron chi connectivity index (χ4n) is 3.42. The van der Waals surface area contributed by atoms with Gasteiger partial charge in [0.25, 0.3) is 0 Å². The van der Waals surface area contributed by atoms with Gasteiger partial charge in [-0.15, -0.1) is 0 Å². The minimum atomic E-state index is -2.15. The van der Waals surface area contributed by atoms with Crippen LogP contribution in [0.25, 0.3) is 0 Å². The van der Waals surface area contributed by atoms with Crippen molar-refractivity contribution < 1.29 is 31.7 Å². The van der Waals surface area contributed by atoms with Crippen molar-refractivity contribution in [2.75, 3.05) is 0 Å². The molecule has 0 saturated carbocycles. The Morgan fingerprint density at radius 2 is 0.879 bits per heavy atom. The van der Waals surface area contributed by atoms with E-state index in [1.807, 2.05) is 19.6 Å². The lowest BCUT2D eigenvalue weighted by Gasteiger charge is -2.51. The summed E-state index contributed by atoms with van der Waals surface area (Å²) < 4.78 is 38.8. The van der Waals surface area contributed by atoms with Gasteiger partial charge in [0.15, 0.2) is 45.7 Å². The van der Waals surface area contributed by atoms with Gasteiger partial charge in [0.1, 0.15) is 18.3 Å². The van der Waals surface area contributed by atoms with E-state index in [0.717, 1.165) is 0 Å². The van der Waals surface area contributed by atoms with Crippen LogP contribution in [0.4, 0.5) is 0 Å². The molecule has 0 bridgehead atoms. The molecule has 7 nitrogen and oxygen atoms in total. The van der Waals surface area contributed by atoms with Gasteiger partial charge in [-0.25, -0.2) is 0 Å². The fraction of sp³-hybridized carbons (Fsp3) is 0.952. The van der Waals surface area contributed by atoms with E-state index in [4.69, 9.17) is 26.9 Å². The van der Waals surface area contributed by atoms with Crippen LogP contribution in [0.3, 0.4) is 0 Å². The monoisotopic (exact) mass is 554 g/mol. The van der Waals surface area contributed by atoms with Crippen molar-refractivity contribution in [3.8, 4) is 0 Å². The van der Waals surface area contributed by atoms with Crippen LogP contribution in [0.2, 0.25) is 98.2 Å². The zero-order chi connectivity index (χ0) is 26.2. The van der Waals surface area contributed by atoms with Crippen LogP contribution in [0.1, 0.15) is 0 Å². The molecule has 0 N–H and O–H groups in total. The normalized spacial score (nSPS) is 28.0. The maximum Gasteiger partial charge on any atom is 0.324 e. The van der Waals surface area contributed by atoms with Crippen molar-refractivity contribution in [2.24, 2.45) is 0 Å². The summed E-state index contributed by atoms with van der Waals surface area (Å²) in [7, 11) is -10.3. The van der Waals surface area contributed by atoms with Gasteiger partial charge in [-0.3, -0.25) is 4.79 Å². The minimum absolute atomic E-state index is 0.391. The summed E-state index contributed by atoms with van der Waals surface area (Å²) in [4.78, 5) is 13.4. The van der Waals surface area contributed by atoms with Gasteiger partial charge in [-0.1, -0.05) is 0 Å². The van der Waals surface area contributed by atoms with E-state index in [1.54, 1.807) is 0 Å². The van der Waals surface area contributed by atoms with Gasteiger partial charge < -0.3 is 26.9 Å². The van der Waals surface area contributed by atoms with Gasteiger partial charge in [0.2, 0.25) is 8.32 Å². The highest BCUT2D eigenvalue weighted by Crippen LogP contribution is 2.35. The van der Waals surface area contributed by atoms with Crippen molar-refractivity contribution in [3.05, 3.63) is 0 Å². The predicted octanol–water partition coefficient (Wildman–Crippen LogP) is 5.60. The molecule has 0 aromatic carbocycles. The van der Waals surface area contributed by atoms with Crippen LogP contribution in [0.15, 0.2) is 0 Å². The molecule has 0 aromatic rings. The molecule has 0 amide bonds. The van der Waals surface area contributed by atoms with Gasteiger partial charge in [-0.05, 0) is 98.2 Å². The molecule has 12 heteroatoms. The number of hydrogen-bond acceptors (Lipinski definition) is 7. The van der Waals surface area contributed by atoms with Crippen molar-refractivity contribution in [1.29, 1.82) is 0 Å². The summed E-state index contributed by atoms with van der Waals surface area (Å²) >= 11 is 0. The molecule has 1 rings (SSSR count). The number of rotatable bonds is 10. The largest absolute Gasteiger partial charge is 0.518 e. The summed E-state index contributed by atoms with van der Waals surface area (Å²) in [5.74, 6) is -0.391. The third kappa shape index (κ3) is 12.2. The average molecular weight is 555 g/mol. The maximum absolute atomic E-state index is 13.4. The molecule has 0 unspecified atom stereocenters. The minimum Gasteiger partial charge on any atom is -0.518 e. The Balaban J connectivity index is 3.62.